The van der Waals surface area contributed by atoms with Crippen molar-refractivity contribution in [3.05, 3.63) is 65.7 Å². The van der Waals surface area contributed by atoms with E-state index in [4.69, 9.17) is 19.2 Å². The normalized spacial score (nSPS) is 14.5. The van der Waals surface area contributed by atoms with E-state index in [0.717, 1.165) is 53.7 Å². The van der Waals surface area contributed by atoms with Crippen LogP contribution in [0.25, 0.3) is 55.2 Å². The van der Waals surface area contributed by atoms with Gasteiger partial charge in [0, 0.05) is 59.3 Å². The molecule has 0 atom stereocenters. The van der Waals surface area contributed by atoms with Crippen LogP contribution in [-0.4, -0.2) is 80.4 Å². The molecule has 6 aromatic rings. The number of hydrogen-bond acceptors (Lipinski definition) is 9. The Bertz CT molecular complexity index is 2060. The third-order valence-corrected chi connectivity index (χ3v) is 8.57. The molecular weight excluding hydrogens is 577 g/mol. The van der Waals surface area contributed by atoms with Crippen molar-refractivity contribution in [2.24, 2.45) is 0 Å². The topological polar surface area (TPSA) is 142 Å². The lowest BCUT2D eigenvalue weighted by molar-refractivity contribution is 0.0893. The van der Waals surface area contributed by atoms with Gasteiger partial charge in [-0.2, -0.15) is 0 Å². The van der Waals surface area contributed by atoms with E-state index in [1.165, 1.54) is 12.1 Å². The highest BCUT2D eigenvalue weighted by Crippen LogP contribution is 2.42. The number of halogens is 1. The molecule has 1 aliphatic heterocycles. The van der Waals surface area contributed by atoms with E-state index >= 15 is 0 Å². The standard InChI is InChI=1S/C33H32FN7O4/c1-17-28(18(2)45-40-17)24-15-26-23(16-27(24)44-3)29-30(21-6-9-35-25-5-4-19(34)14-22(21)25)38-32(39-31(29)37-26)33(43)36-20-7-10-41(11-8-20)12-13-42/h4-6,9,14-16,20,42H,7-8,10-13H2,1-3H3,(H,36,43)(H,37,38,39). The molecule has 5 heterocycles. The van der Waals surface area contributed by atoms with E-state index in [2.05, 4.69) is 25.3 Å². The van der Waals surface area contributed by atoms with Crippen molar-refractivity contribution >= 4 is 38.7 Å². The summed E-state index contributed by atoms with van der Waals surface area (Å²) in [7, 11) is 1.60. The number of rotatable bonds is 7. The monoisotopic (exact) mass is 609 g/mol. The van der Waals surface area contributed by atoms with Gasteiger partial charge in [0.2, 0.25) is 5.82 Å². The van der Waals surface area contributed by atoms with Gasteiger partial charge >= 0.3 is 0 Å². The lowest BCUT2D eigenvalue weighted by atomic mass is 9.99. The summed E-state index contributed by atoms with van der Waals surface area (Å²) in [4.78, 5) is 33.2. The molecule has 230 valence electrons. The molecule has 0 bridgehead atoms. The molecule has 11 nitrogen and oxygen atoms in total. The number of piperidine rings is 1. The number of amides is 1. The number of fused-ring (bicyclic) bond motifs is 4. The maximum absolute atomic E-state index is 14.5. The van der Waals surface area contributed by atoms with Crippen molar-refractivity contribution in [2.75, 3.05) is 33.4 Å². The Labute approximate surface area is 257 Å². The van der Waals surface area contributed by atoms with Gasteiger partial charge in [-0.05, 0) is 63.1 Å². The average molecular weight is 610 g/mol. The number of H-pyrrole nitrogens is 1. The van der Waals surface area contributed by atoms with Crippen LogP contribution in [0, 0.1) is 19.7 Å². The number of β-amino-alcohol motifs (C(OH)–C–C–N with tert-alkyl or cyclic N) is 1. The number of hydrogen-bond donors (Lipinski definition) is 3. The lowest BCUT2D eigenvalue weighted by Crippen LogP contribution is -2.45. The first-order chi connectivity index (χ1) is 21.8. The number of carbonyl (C=O) groups is 1. The van der Waals surface area contributed by atoms with Crippen molar-refractivity contribution in [3.8, 4) is 28.1 Å². The summed E-state index contributed by atoms with van der Waals surface area (Å²) < 4.78 is 25.8. The maximum Gasteiger partial charge on any atom is 0.289 e. The number of aryl methyl sites for hydroxylation is 2. The smallest absolute Gasteiger partial charge is 0.289 e. The molecule has 0 aliphatic carbocycles. The van der Waals surface area contributed by atoms with E-state index in [0.29, 0.717) is 51.2 Å². The summed E-state index contributed by atoms with van der Waals surface area (Å²) in [5.41, 5.74) is 5.25. The first kappa shape index (κ1) is 28.8. The minimum Gasteiger partial charge on any atom is -0.496 e. The lowest BCUT2D eigenvalue weighted by Gasteiger charge is -2.31. The first-order valence-corrected chi connectivity index (χ1v) is 14.9. The quantitative estimate of drug-likeness (QED) is 0.230. The fourth-order valence-electron chi connectivity index (χ4n) is 6.37. The van der Waals surface area contributed by atoms with Gasteiger partial charge in [-0.3, -0.25) is 9.78 Å². The predicted molar refractivity (Wildman–Crippen MR) is 168 cm³/mol. The van der Waals surface area contributed by atoms with Crippen LogP contribution in [0.3, 0.4) is 0 Å². The summed E-state index contributed by atoms with van der Waals surface area (Å²) in [6.07, 6.45) is 3.16. The molecule has 4 aromatic heterocycles. The van der Waals surface area contributed by atoms with Crippen LogP contribution in [-0.2, 0) is 0 Å². The molecule has 3 N–H and O–H groups in total. The molecule has 0 radical (unpaired) electrons. The van der Waals surface area contributed by atoms with Gasteiger partial charge in [0.25, 0.3) is 5.91 Å². The number of carbonyl (C=O) groups excluding carboxylic acids is 1. The van der Waals surface area contributed by atoms with Gasteiger partial charge in [0.1, 0.15) is 23.0 Å². The largest absolute Gasteiger partial charge is 0.496 e. The van der Waals surface area contributed by atoms with Gasteiger partial charge in [-0.1, -0.05) is 5.16 Å². The Morgan fingerprint density at radius 2 is 1.96 bits per heavy atom. The highest BCUT2D eigenvalue weighted by molar-refractivity contribution is 6.16. The molecule has 45 heavy (non-hydrogen) atoms. The van der Waals surface area contributed by atoms with Crippen molar-refractivity contribution < 1.29 is 23.6 Å². The molecule has 0 saturated carbocycles. The van der Waals surface area contributed by atoms with Crippen molar-refractivity contribution in [1.29, 1.82) is 0 Å². The van der Waals surface area contributed by atoms with E-state index in [-0.39, 0.29) is 18.5 Å². The number of aliphatic hydroxyl groups is 1. The molecule has 2 aromatic carbocycles. The maximum atomic E-state index is 14.5. The molecule has 1 saturated heterocycles. The molecular formula is C33H32FN7O4. The third kappa shape index (κ3) is 5.15. The van der Waals surface area contributed by atoms with Gasteiger partial charge in [-0.25, -0.2) is 14.4 Å². The van der Waals surface area contributed by atoms with Crippen LogP contribution in [0.4, 0.5) is 4.39 Å². The molecule has 1 fully saturated rings. The van der Waals surface area contributed by atoms with Gasteiger partial charge in [-0.15, -0.1) is 0 Å². The molecule has 12 heteroatoms. The number of aromatic nitrogens is 5. The fraction of sp³-hybridized carbons (Fsp3) is 0.303. The summed E-state index contributed by atoms with van der Waals surface area (Å²) in [6.45, 7) is 6.01. The Morgan fingerprint density at radius 3 is 2.69 bits per heavy atom. The fourth-order valence-corrected chi connectivity index (χ4v) is 6.37. The highest BCUT2D eigenvalue weighted by atomic mass is 19.1. The molecule has 0 spiro atoms. The zero-order valence-corrected chi connectivity index (χ0v) is 25.1. The highest BCUT2D eigenvalue weighted by Gasteiger charge is 2.26. The summed E-state index contributed by atoms with van der Waals surface area (Å²) in [5.74, 6) is 0.464. The Hall–Kier alpha value is -4.94. The third-order valence-electron chi connectivity index (χ3n) is 8.57. The van der Waals surface area contributed by atoms with Crippen molar-refractivity contribution in [2.45, 2.75) is 32.7 Å². The number of likely N-dealkylation sites (tertiary alicyclic amines) is 1. The van der Waals surface area contributed by atoms with Gasteiger partial charge in [0.05, 0.1) is 41.6 Å². The van der Waals surface area contributed by atoms with Crippen LogP contribution < -0.4 is 10.1 Å². The molecule has 1 aliphatic rings. The van der Waals surface area contributed by atoms with Gasteiger partial charge < -0.3 is 29.6 Å². The molecule has 1 amide bonds. The zero-order chi connectivity index (χ0) is 31.2. The van der Waals surface area contributed by atoms with E-state index in [9.17, 15) is 14.3 Å². The van der Waals surface area contributed by atoms with Crippen LogP contribution in [0.15, 0.2) is 47.1 Å². The number of nitrogens with zero attached hydrogens (tertiary/aromatic N) is 5. The molecule has 0 unspecified atom stereocenters. The summed E-state index contributed by atoms with van der Waals surface area (Å²) in [6, 6.07) is 10.0. The van der Waals surface area contributed by atoms with Gasteiger partial charge in [0.15, 0.2) is 0 Å². The second-order valence-corrected chi connectivity index (χ2v) is 11.4. The number of aliphatic hydroxyl groups excluding tert-OH is 1. The Kier molecular flexibility index (Phi) is 7.38. The number of ether oxygens (including phenoxy) is 1. The van der Waals surface area contributed by atoms with Crippen LogP contribution >= 0.6 is 0 Å². The number of methoxy groups -OCH3 is 1. The number of aromatic amines is 1. The van der Waals surface area contributed by atoms with Crippen LogP contribution in [0.2, 0.25) is 0 Å². The number of nitrogens with one attached hydrogen (secondary N) is 2. The Balaban J connectivity index is 1.41. The van der Waals surface area contributed by atoms with E-state index in [1.54, 1.807) is 25.4 Å². The molecule has 7 rings (SSSR count). The van der Waals surface area contributed by atoms with E-state index < -0.39 is 11.7 Å². The average Bonchev–Trinajstić information content (AvgIpc) is 3.58. The number of benzene rings is 2. The van der Waals surface area contributed by atoms with Crippen LogP contribution in [0.5, 0.6) is 5.75 Å². The summed E-state index contributed by atoms with van der Waals surface area (Å²) in [5, 5.41) is 18.5. The van der Waals surface area contributed by atoms with Crippen molar-refractivity contribution in [1.82, 2.24) is 35.3 Å². The second-order valence-electron chi connectivity index (χ2n) is 11.4. The minimum absolute atomic E-state index is 0.00104. The second kappa shape index (κ2) is 11.5. The predicted octanol–water partition coefficient (Wildman–Crippen LogP) is 4.93. The van der Waals surface area contributed by atoms with Crippen LogP contribution in [0.1, 0.15) is 34.9 Å². The summed E-state index contributed by atoms with van der Waals surface area (Å²) >= 11 is 0. The Morgan fingerprint density at radius 1 is 1.13 bits per heavy atom. The van der Waals surface area contributed by atoms with E-state index in [1.807, 2.05) is 26.0 Å². The SMILES string of the molecule is COc1cc2c(cc1-c1c(C)noc1C)[nH]c1nc(C(=O)NC3CCN(CCO)CC3)nc(-c3ccnc4ccc(F)cc34)c12. The first-order valence-electron chi connectivity index (χ1n) is 14.9. The van der Waals surface area contributed by atoms with Crippen molar-refractivity contribution in [3.63, 3.8) is 0 Å². The zero-order valence-electron chi connectivity index (χ0n) is 25.1. The minimum atomic E-state index is -0.405. The number of pyridine rings is 1.